The van der Waals surface area contributed by atoms with E-state index in [0.717, 1.165) is 0 Å². The van der Waals surface area contributed by atoms with Crippen LogP contribution in [-0.4, -0.2) is 9.55 Å². The highest BCUT2D eigenvalue weighted by Crippen LogP contribution is 2.24. The minimum atomic E-state index is 1.19. The van der Waals surface area contributed by atoms with Crippen molar-refractivity contribution in [3.8, 4) is 0 Å². The third-order valence-electron chi connectivity index (χ3n) is 2.68. The molecule has 2 heterocycles. The van der Waals surface area contributed by atoms with Gasteiger partial charge in [0.15, 0.2) is 0 Å². The van der Waals surface area contributed by atoms with Gasteiger partial charge in [0.05, 0.1) is 11.7 Å². The average Bonchev–Trinajstić information content (AvgIpc) is 2.45. The second kappa shape index (κ2) is 3.29. The van der Waals surface area contributed by atoms with Gasteiger partial charge in [-0.05, 0) is 19.9 Å². The molecule has 0 spiro atoms. The van der Waals surface area contributed by atoms with Gasteiger partial charge in [0.2, 0.25) is 0 Å². The third-order valence-corrected chi connectivity index (χ3v) is 2.68. The van der Waals surface area contributed by atoms with E-state index in [1.165, 1.54) is 22.2 Å². The molecule has 0 bridgehead atoms. The van der Waals surface area contributed by atoms with Gasteiger partial charge in [0.25, 0.3) is 0 Å². The van der Waals surface area contributed by atoms with E-state index in [1.807, 2.05) is 19.3 Å². The second-order valence-corrected chi connectivity index (χ2v) is 3.45. The third kappa shape index (κ3) is 1.15. The fraction of sp³-hybridized carbons (Fsp3) is 0.250. The van der Waals surface area contributed by atoms with E-state index in [2.05, 4.69) is 41.7 Å². The van der Waals surface area contributed by atoms with Crippen molar-refractivity contribution in [1.29, 1.82) is 0 Å². The monoisotopic (exact) mass is 186 g/mol. The molecule has 0 fully saturated rings. The fourth-order valence-electron chi connectivity index (χ4n) is 1.81. The zero-order valence-electron chi connectivity index (χ0n) is 8.78. The van der Waals surface area contributed by atoms with Crippen LogP contribution >= 0.6 is 0 Å². The number of hydrogen-bond donors (Lipinski definition) is 0. The first-order chi connectivity index (χ1) is 6.75. The zero-order valence-corrected chi connectivity index (χ0v) is 8.78. The lowest BCUT2D eigenvalue weighted by Gasteiger charge is -1.96. The molecular weight excluding hydrogens is 172 g/mol. The Labute approximate surface area is 83.9 Å². The van der Waals surface area contributed by atoms with Gasteiger partial charge < -0.3 is 4.57 Å². The maximum absolute atomic E-state index is 4.14. The molecule has 2 aromatic heterocycles. The number of fused-ring (bicyclic) bond motifs is 1. The SMILES string of the molecule is C/C=C\c1c(C)n(C)c2cnccc12. The highest BCUT2D eigenvalue weighted by atomic mass is 15.0. The summed E-state index contributed by atoms with van der Waals surface area (Å²) in [5, 5.41) is 1.28. The molecule has 0 saturated carbocycles. The first kappa shape index (κ1) is 9.00. The van der Waals surface area contributed by atoms with Crippen molar-refractivity contribution in [2.45, 2.75) is 13.8 Å². The topological polar surface area (TPSA) is 17.8 Å². The summed E-state index contributed by atoms with van der Waals surface area (Å²) in [6.07, 6.45) is 7.98. The number of allylic oxidation sites excluding steroid dienone is 1. The van der Waals surface area contributed by atoms with Gasteiger partial charge >= 0.3 is 0 Å². The normalized spacial score (nSPS) is 11.6. The Morgan fingerprint density at radius 1 is 1.43 bits per heavy atom. The van der Waals surface area contributed by atoms with Crippen LogP contribution < -0.4 is 0 Å². The predicted octanol–water partition coefficient (Wildman–Crippen LogP) is 2.91. The van der Waals surface area contributed by atoms with Crippen LogP contribution in [0.25, 0.3) is 17.0 Å². The summed E-state index contributed by atoms with van der Waals surface area (Å²) in [4.78, 5) is 4.14. The Balaban J connectivity index is 2.87. The molecule has 0 aliphatic carbocycles. The Morgan fingerprint density at radius 2 is 2.21 bits per heavy atom. The molecule has 2 rings (SSSR count). The van der Waals surface area contributed by atoms with Gasteiger partial charge in [-0.2, -0.15) is 0 Å². The van der Waals surface area contributed by atoms with E-state index in [9.17, 15) is 0 Å². The number of aryl methyl sites for hydroxylation is 1. The molecule has 0 radical (unpaired) electrons. The molecule has 72 valence electrons. The number of nitrogens with zero attached hydrogens (tertiary/aromatic N) is 2. The van der Waals surface area contributed by atoms with E-state index >= 15 is 0 Å². The standard InChI is InChI=1S/C12H14N2/c1-4-5-10-9(2)14(3)12-8-13-7-6-11(10)12/h4-8H,1-3H3/b5-4-. The highest BCUT2D eigenvalue weighted by molar-refractivity contribution is 5.90. The Hall–Kier alpha value is -1.57. The number of rotatable bonds is 1. The predicted molar refractivity (Wildman–Crippen MR) is 60.2 cm³/mol. The average molecular weight is 186 g/mol. The maximum Gasteiger partial charge on any atom is 0.0672 e. The molecule has 2 aromatic rings. The molecular formula is C12H14N2. The minimum absolute atomic E-state index is 1.19. The van der Waals surface area contributed by atoms with Crippen LogP contribution in [0.2, 0.25) is 0 Å². The van der Waals surface area contributed by atoms with Crippen LogP contribution in [0.5, 0.6) is 0 Å². The summed E-state index contributed by atoms with van der Waals surface area (Å²) in [7, 11) is 2.08. The van der Waals surface area contributed by atoms with Gasteiger partial charge in [-0.15, -0.1) is 0 Å². The first-order valence-corrected chi connectivity index (χ1v) is 4.77. The van der Waals surface area contributed by atoms with E-state index in [0.29, 0.717) is 0 Å². The maximum atomic E-state index is 4.14. The summed E-state index contributed by atoms with van der Waals surface area (Å²) in [5.74, 6) is 0. The molecule has 0 aromatic carbocycles. The minimum Gasteiger partial charge on any atom is -0.346 e. The van der Waals surface area contributed by atoms with Gasteiger partial charge in [-0.3, -0.25) is 4.98 Å². The summed E-state index contributed by atoms with van der Waals surface area (Å²) < 4.78 is 2.18. The van der Waals surface area contributed by atoms with E-state index < -0.39 is 0 Å². The fourth-order valence-corrected chi connectivity index (χ4v) is 1.81. The van der Waals surface area contributed by atoms with Crippen molar-refractivity contribution in [1.82, 2.24) is 9.55 Å². The van der Waals surface area contributed by atoms with E-state index in [1.54, 1.807) is 0 Å². The summed E-state index contributed by atoms with van der Waals surface area (Å²) in [6.45, 7) is 4.18. The molecule has 0 amide bonds. The van der Waals surface area contributed by atoms with Crippen molar-refractivity contribution >= 4 is 17.0 Å². The van der Waals surface area contributed by atoms with Crippen molar-refractivity contribution in [3.05, 3.63) is 35.8 Å². The molecule has 0 aliphatic rings. The lowest BCUT2D eigenvalue weighted by atomic mass is 10.1. The second-order valence-electron chi connectivity index (χ2n) is 3.45. The Bertz CT molecular complexity index is 492. The van der Waals surface area contributed by atoms with Crippen LogP contribution in [0.3, 0.4) is 0 Å². The van der Waals surface area contributed by atoms with Gasteiger partial charge in [-0.1, -0.05) is 12.2 Å². The number of hydrogen-bond acceptors (Lipinski definition) is 1. The van der Waals surface area contributed by atoms with E-state index in [-0.39, 0.29) is 0 Å². The largest absolute Gasteiger partial charge is 0.346 e. The van der Waals surface area contributed by atoms with Crippen molar-refractivity contribution < 1.29 is 0 Å². The van der Waals surface area contributed by atoms with Gasteiger partial charge in [0.1, 0.15) is 0 Å². The Morgan fingerprint density at radius 3 is 2.93 bits per heavy atom. The van der Waals surface area contributed by atoms with Crippen LogP contribution in [0.15, 0.2) is 24.5 Å². The van der Waals surface area contributed by atoms with Crippen LogP contribution in [-0.2, 0) is 7.05 Å². The lowest BCUT2D eigenvalue weighted by molar-refractivity contribution is 0.913. The quantitative estimate of drug-likeness (QED) is 0.669. The Kier molecular flexibility index (Phi) is 2.12. The first-order valence-electron chi connectivity index (χ1n) is 4.77. The molecule has 14 heavy (non-hydrogen) atoms. The van der Waals surface area contributed by atoms with Crippen molar-refractivity contribution in [2.24, 2.45) is 7.05 Å². The van der Waals surface area contributed by atoms with Crippen LogP contribution in [0.1, 0.15) is 18.2 Å². The molecule has 0 saturated heterocycles. The number of aromatic nitrogens is 2. The zero-order chi connectivity index (χ0) is 10.1. The smallest absolute Gasteiger partial charge is 0.0672 e. The molecule has 0 unspecified atom stereocenters. The van der Waals surface area contributed by atoms with Crippen molar-refractivity contribution in [3.63, 3.8) is 0 Å². The van der Waals surface area contributed by atoms with Crippen LogP contribution in [0.4, 0.5) is 0 Å². The van der Waals surface area contributed by atoms with Crippen LogP contribution in [0, 0.1) is 6.92 Å². The molecule has 2 nitrogen and oxygen atoms in total. The molecule has 0 N–H and O–H groups in total. The van der Waals surface area contributed by atoms with Gasteiger partial charge in [-0.25, -0.2) is 0 Å². The number of pyridine rings is 1. The lowest BCUT2D eigenvalue weighted by Crippen LogP contribution is -1.90. The molecule has 0 aliphatic heterocycles. The highest BCUT2D eigenvalue weighted by Gasteiger charge is 2.08. The van der Waals surface area contributed by atoms with Crippen molar-refractivity contribution in [2.75, 3.05) is 0 Å². The van der Waals surface area contributed by atoms with Gasteiger partial charge in [0, 0.05) is 29.9 Å². The summed E-state index contributed by atoms with van der Waals surface area (Å²) in [5.41, 5.74) is 3.77. The van der Waals surface area contributed by atoms with E-state index in [4.69, 9.17) is 0 Å². The molecule has 2 heteroatoms. The summed E-state index contributed by atoms with van der Waals surface area (Å²) >= 11 is 0. The summed E-state index contributed by atoms with van der Waals surface area (Å²) in [6, 6.07) is 2.07. The molecule has 0 atom stereocenters.